The zero-order chi connectivity index (χ0) is 25.4. The number of ether oxygens (including phenoxy) is 1. The summed E-state index contributed by atoms with van der Waals surface area (Å²) in [6, 6.07) is 9.51. The predicted octanol–water partition coefficient (Wildman–Crippen LogP) is 6.15. The monoisotopic (exact) mass is 521 g/mol. The Bertz CT molecular complexity index is 1330. The summed E-state index contributed by atoms with van der Waals surface area (Å²) in [6.45, 7) is 2.06. The first-order valence-corrected chi connectivity index (χ1v) is 13.7. The first kappa shape index (κ1) is 24.6. The van der Waals surface area contributed by atoms with Crippen LogP contribution in [0.5, 0.6) is 0 Å². The number of anilines is 1. The van der Waals surface area contributed by atoms with Gasteiger partial charge in [-0.3, -0.25) is 9.69 Å². The van der Waals surface area contributed by atoms with E-state index in [9.17, 15) is 14.9 Å². The molecule has 0 spiro atoms. The Labute approximate surface area is 220 Å². The van der Waals surface area contributed by atoms with Crippen molar-refractivity contribution < 1.29 is 14.3 Å². The third kappa shape index (κ3) is 4.12. The molecule has 0 bridgehead atoms. The average Bonchev–Trinajstić information content (AvgIpc) is 3.06. The highest BCUT2D eigenvalue weighted by Gasteiger charge is 2.42. The number of hydrogen-bond donors (Lipinski definition) is 1. The largest absolute Gasteiger partial charge is 0.462 e. The van der Waals surface area contributed by atoms with Gasteiger partial charge >= 0.3 is 5.97 Å². The Kier molecular flexibility index (Phi) is 6.92. The number of thiophene rings is 1. The summed E-state index contributed by atoms with van der Waals surface area (Å²) in [5.41, 5.74) is 10.8. The van der Waals surface area contributed by atoms with Gasteiger partial charge in [-0.15, -0.1) is 11.3 Å². The van der Waals surface area contributed by atoms with Crippen LogP contribution in [-0.2, 0) is 22.4 Å². The highest BCUT2D eigenvalue weighted by atomic mass is 35.5. The maximum absolute atomic E-state index is 13.4. The molecular weight excluding hydrogens is 494 g/mol. The van der Waals surface area contributed by atoms with E-state index in [-0.39, 0.29) is 24.2 Å². The van der Waals surface area contributed by atoms with Gasteiger partial charge in [0.15, 0.2) is 5.78 Å². The molecule has 0 fully saturated rings. The van der Waals surface area contributed by atoms with Crippen molar-refractivity contribution in [3.05, 3.63) is 73.5 Å². The van der Waals surface area contributed by atoms with Crippen molar-refractivity contribution in [2.24, 2.45) is 5.73 Å². The second-order valence-electron chi connectivity index (χ2n) is 9.33. The summed E-state index contributed by atoms with van der Waals surface area (Å²) in [5.74, 6) is -0.650. The number of halogens is 1. The molecule has 0 unspecified atom stereocenters. The number of nitrogens with zero attached hydrogens (tertiary/aromatic N) is 2. The number of hydrogen-bond acceptors (Lipinski definition) is 7. The summed E-state index contributed by atoms with van der Waals surface area (Å²) in [6.07, 6.45) is 6.64. The highest BCUT2D eigenvalue weighted by Crippen LogP contribution is 2.50. The summed E-state index contributed by atoms with van der Waals surface area (Å²) >= 11 is 7.67. The van der Waals surface area contributed by atoms with Crippen molar-refractivity contribution in [3.8, 4) is 6.07 Å². The smallest absolute Gasteiger partial charge is 0.341 e. The van der Waals surface area contributed by atoms with Crippen LogP contribution in [0.2, 0.25) is 5.02 Å². The van der Waals surface area contributed by atoms with Crippen LogP contribution in [0, 0.1) is 11.3 Å². The van der Waals surface area contributed by atoms with Gasteiger partial charge in [0, 0.05) is 27.6 Å². The van der Waals surface area contributed by atoms with Gasteiger partial charge in [0.05, 0.1) is 29.7 Å². The summed E-state index contributed by atoms with van der Waals surface area (Å²) < 4.78 is 5.50. The molecule has 0 saturated carbocycles. The average molecular weight is 522 g/mol. The summed E-state index contributed by atoms with van der Waals surface area (Å²) in [7, 11) is 0. The lowest BCUT2D eigenvalue weighted by molar-refractivity contribution is -0.116. The lowest BCUT2D eigenvalue weighted by atomic mass is 9.75. The molecule has 0 saturated heterocycles. The van der Waals surface area contributed by atoms with Gasteiger partial charge in [0.25, 0.3) is 0 Å². The van der Waals surface area contributed by atoms with E-state index in [2.05, 4.69) is 6.07 Å². The van der Waals surface area contributed by atoms with Crippen LogP contribution < -0.4 is 10.6 Å². The SMILES string of the molecule is CCOC(=O)c1c(N2C(N)=C(C#N)[C@@H](c3ccc(Cl)cc3)C3=C2CCCC3=O)sc2c1CCCCC2. The minimum atomic E-state index is -0.560. The molecule has 2 aromatic rings. The molecule has 3 aliphatic rings. The maximum atomic E-state index is 13.4. The van der Waals surface area contributed by atoms with E-state index in [1.165, 1.54) is 4.88 Å². The maximum Gasteiger partial charge on any atom is 0.341 e. The van der Waals surface area contributed by atoms with Crippen LogP contribution in [0.25, 0.3) is 0 Å². The quantitative estimate of drug-likeness (QED) is 0.382. The molecule has 5 rings (SSSR count). The molecule has 2 N–H and O–H groups in total. The Hall–Kier alpha value is -3.08. The number of Topliss-reactive ketones (excluding diaryl/α,β-unsaturated/α-hetero) is 1. The number of esters is 1. The van der Waals surface area contributed by atoms with Crippen molar-refractivity contribution in [2.45, 2.75) is 64.2 Å². The van der Waals surface area contributed by atoms with Crippen LogP contribution in [0.15, 0.2) is 46.9 Å². The predicted molar refractivity (Wildman–Crippen MR) is 141 cm³/mol. The third-order valence-corrected chi connectivity index (χ3v) is 8.73. The third-order valence-electron chi connectivity index (χ3n) is 7.20. The normalized spacial score (nSPS) is 20.0. The van der Waals surface area contributed by atoms with E-state index >= 15 is 0 Å². The molecule has 1 aromatic heterocycles. The Morgan fingerprint density at radius 3 is 2.64 bits per heavy atom. The van der Waals surface area contributed by atoms with E-state index in [1.54, 1.807) is 30.4 Å². The summed E-state index contributed by atoms with van der Waals surface area (Å²) in [5, 5.41) is 11.5. The van der Waals surface area contributed by atoms with Gasteiger partial charge in [0.2, 0.25) is 0 Å². The highest BCUT2D eigenvalue weighted by molar-refractivity contribution is 7.16. The number of ketones is 1. The lowest BCUT2D eigenvalue weighted by Gasteiger charge is -2.39. The molecule has 36 heavy (non-hydrogen) atoms. The lowest BCUT2D eigenvalue weighted by Crippen LogP contribution is -2.39. The number of aryl methyl sites for hydroxylation is 1. The van der Waals surface area contributed by atoms with Gasteiger partial charge in [-0.2, -0.15) is 5.26 Å². The molecule has 0 radical (unpaired) electrons. The zero-order valence-corrected chi connectivity index (χ0v) is 21.8. The van der Waals surface area contributed by atoms with E-state index in [0.717, 1.165) is 48.9 Å². The molecule has 1 aliphatic heterocycles. The number of benzene rings is 1. The molecule has 8 heteroatoms. The van der Waals surface area contributed by atoms with Gasteiger partial charge in [-0.25, -0.2) is 4.79 Å². The topological polar surface area (TPSA) is 96.4 Å². The first-order chi connectivity index (χ1) is 17.5. The number of allylic oxidation sites excluding steroid dienone is 3. The second-order valence-corrected chi connectivity index (χ2v) is 10.9. The summed E-state index contributed by atoms with van der Waals surface area (Å²) in [4.78, 5) is 29.7. The van der Waals surface area contributed by atoms with Crippen molar-refractivity contribution in [2.75, 3.05) is 11.5 Å². The molecular formula is C28H28ClN3O3S. The van der Waals surface area contributed by atoms with E-state index in [4.69, 9.17) is 22.1 Å². The van der Waals surface area contributed by atoms with Crippen LogP contribution in [0.1, 0.15) is 77.7 Å². The van der Waals surface area contributed by atoms with Gasteiger partial charge in [0.1, 0.15) is 10.8 Å². The van der Waals surface area contributed by atoms with E-state index in [0.29, 0.717) is 46.0 Å². The van der Waals surface area contributed by atoms with Crippen LogP contribution in [-0.4, -0.2) is 18.4 Å². The number of rotatable bonds is 4. The second kappa shape index (κ2) is 10.1. The fourth-order valence-corrected chi connectivity index (χ4v) is 7.15. The molecule has 0 amide bonds. The van der Waals surface area contributed by atoms with E-state index in [1.807, 2.05) is 17.0 Å². The minimum Gasteiger partial charge on any atom is -0.462 e. The van der Waals surface area contributed by atoms with Crippen molar-refractivity contribution >= 4 is 39.7 Å². The first-order valence-electron chi connectivity index (χ1n) is 12.5. The van der Waals surface area contributed by atoms with Crippen LogP contribution in [0.3, 0.4) is 0 Å². The van der Waals surface area contributed by atoms with Crippen LogP contribution >= 0.6 is 22.9 Å². The van der Waals surface area contributed by atoms with Gasteiger partial charge in [-0.1, -0.05) is 30.2 Å². The fourth-order valence-electron chi connectivity index (χ4n) is 5.61. The number of nitriles is 1. The standard InChI is InChI=1S/C28H28ClN3O3S/c1-2-35-28(34)24-18-7-4-3-5-10-22(18)36-27(24)32-20-8-6-9-21(33)25(20)23(19(15-30)26(32)31)16-11-13-17(29)14-12-16/h11-14,23H,2-10,31H2,1H3/t23-/m1/s1. The molecule has 6 nitrogen and oxygen atoms in total. The number of nitrogens with two attached hydrogens (primary N) is 1. The van der Waals surface area contributed by atoms with Crippen molar-refractivity contribution in [1.29, 1.82) is 5.26 Å². The molecule has 1 aromatic carbocycles. The minimum absolute atomic E-state index is 0.0113. The molecule has 2 aliphatic carbocycles. The van der Waals surface area contributed by atoms with E-state index < -0.39 is 5.92 Å². The zero-order valence-electron chi connectivity index (χ0n) is 20.2. The number of fused-ring (bicyclic) bond motifs is 1. The number of carbonyl (C=O) groups is 2. The Morgan fingerprint density at radius 1 is 1.17 bits per heavy atom. The van der Waals surface area contributed by atoms with Crippen LogP contribution in [0.4, 0.5) is 5.00 Å². The number of carbonyl (C=O) groups excluding carboxylic acids is 2. The Balaban J connectivity index is 1.75. The molecule has 1 atom stereocenters. The van der Waals surface area contributed by atoms with Gasteiger partial charge in [-0.05, 0) is 68.7 Å². The molecule has 2 heterocycles. The fraction of sp³-hybridized carbons (Fsp3) is 0.393. The van der Waals surface area contributed by atoms with Crippen molar-refractivity contribution in [1.82, 2.24) is 0 Å². The molecule has 186 valence electrons. The van der Waals surface area contributed by atoms with Crippen molar-refractivity contribution in [3.63, 3.8) is 0 Å². The Morgan fingerprint density at radius 2 is 1.92 bits per heavy atom. The van der Waals surface area contributed by atoms with Gasteiger partial charge < -0.3 is 10.5 Å².